The van der Waals surface area contributed by atoms with Gasteiger partial charge in [0.1, 0.15) is 0 Å². The van der Waals surface area contributed by atoms with E-state index in [-0.39, 0.29) is 0 Å². The molecule has 0 saturated carbocycles. The van der Waals surface area contributed by atoms with Crippen LogP contribution in [0.3, 0.4) is 0 Å². The number of nitrogens with one attached hydrogen (secondary N) is 3. The molecule has 2 aliphatic heterocycles. The van der Waals surface area contributed by atoms with E-state index in [9.17, 15) is 0 Å². The van der Waals surface area contributed by atoms with E-state index in [1.807, 2.05) is 0 Å². The normalized spacial score (nSPS) is 20.3. The average molecular weight is 161 g/mol. The van der Waals surface area contributed by atoms with E-state index in [1.54, 1.807) is 0 Å². The van der Waals surface area contributed by atoms with Crippen molar-refractivity contribution < 1.29 is 0 Å². The van der Waals surface area contributed by atoms with Crippen molar-refractivity contribution in [2.24, 2.45) is 0 Å². The molecule has 2 bridgehead atoms. The zero-order valence-electron chi connectivity index (χ0n) is 6.78. The van der Waals surface area contributed by atoms with Crippen LogP contribution in [0.15, 0.2) is 17.7 Å². The Morgan fingerprint density at radius 3 is 3.25 bits per heavy atom. The van der Waals surface area contributed by atoms with Gasteiger partial charge in [-0.2, -0.15) is 0 Å². The SMILES string of the molecule is c1cc2[nH]c1CC1=C2NCNC1. The first-order chi connectivity index (χ1) is 5.93. The number of hydrogen-bond acceptors (Lipinski definition) is 2. The highest BCUT2D eigenvalue weighted by atomic mass is 15.1. The van der Waals surface area contributed by atoms with Gasteiger partial charge in [0.15, 0.2) is 0 Å². The van der Waals surface area contributed by atoms with Gasteiger partial charge in [-0.3, -0.25) is 5.32 Å². The van der Waals surface area contributed by atoms with Crippen LogP contribution < -0.4 is 10.6 Å². The standard InChI is InChI=1S/C9H11N3/c1-2-8-9-6(3-7(1)12-8)4-10-5-11-9/h1-2,10-12H,3-5H2. The number of H-pyrrole nitrogens is 1. The Morgan fingerprint density at radius 2 is 2.25 bits per heavy atom. The van der Waals surface area contributed by atoms with Crippen LogP contribution in [0.4, 0.5) is 0 Å². The van der Waals surface area contributed by atoms with E-state index in [4.69, 9.17) is 0 Å². The third-order valence-electron chi connectivity index (χ3n) is 2.50. The summed E-state index contributed by atoms with van der Waals surface area (Å²) >= 11 is 0. The van der Waals surface area contributed by atoms with Gasteiger partial charge in [0.05, 0.1) is 18.1 Å². The van der Waals surface area contributed by atoms with Crippen molar-refractivity contribution in [3.63, 3.8) is 0 Å². The van der Waals surface area contributed by atoms with Gasteiger partial charge >= 0.3 is 0 Å². The minimum atomic E-state index is 0.882. The second-order valence-electron chi connectivity index (χ2n) is 3.33. The largest absolute Gasteiger partial charge is 0.371 e. The summed E-state index contributed by atoms with van der Waals surface area (Å²) in [5.74, 6) is 0. The lowest BCUT2D eigenvalue weighted by atomic mass is 10.0. The highest BCUT2D eigenvalue weighted by Gasteiger charge is 2.19. The Kier molecular flexibility index (Phi) is 1.12. The first-order valence-corrected chi connectivity index (χ1v) is 4.28. The quantitative estimate of drug-likeness (QED) is 0.516. The van der Waals surface area contributed by atoms with Crippen molar-refractivity contribution in [3.8, 4) is 0 Å². The van der Waals surface area contributed by atoms with Crippen molar-refractivity contribution in [2.45, 2.75) is 6.42 Å². The molecule has 0 aliphatic carbocycles. The molecular weight excluding hydrogens is 150 g/mol. The zero-order valence-corrected chi connectivity index (χ0v) is 6.78. The summed E-state index contributed by atoms with van der Waals surface area (Å²) in [4.78, 5) is 3.36. The van der Waals surface area contributed by atoms with Crippen molar-refractivity contribution in [2.75, 3.05) is 13.2 Å². The van der Waals surface area contributed by atoms with Gasteiger partial charge in [-0.05, 0) is 17.7 Å². The predicted octanol–water partition coefficient (Wildman–Crippen LogP) is 0.432. The molecule has 2 aliphatic rings. The van der Waals surface area contributed by atoms with Gasteiger partial charge in [-0.25, -0.2) is 0 Å². The lowest BCUT2D eigenvalue weighted by Crippen LogP contribution is -2.37. The predicted molar refractivity (Wildman–Crippen MR) is 47.4 cm³/mol. The second-order valence-corrected chi connectivity index (χ2v) is 3.33. The van der Waals surface area contributed by atoms with Gasteiger partial charge in [-0.1, -0.05) is 0 Å². The molecular formula is C9H11N3. The molecule has 3 rings (SSSR count). The van der Waals surface area contributed by atoms with Crippen LogP contribution in [-0.2, 0) is 6.42 Å². The maximum atomic E-state index is 3.36. The first kappa shape index (κ1) is 6.31. The summed E-state index contributed by atoms with van der Waals surface area (Å²) in [5.41, 5.74) is 5.36. The molecule has 3 nitrogen and oxygen atoms in total. The fourth-order valence-electron chi connectivity index (χ4n) is 1.93. The maximum absolute atomic E-state index is 3.36. The molecule has 0 atom stereocenters. The number of rotatable bonds is 0. The first-order valence-electron chi connectivity index (χ1n) is 4.28. The molecule has 1 aromatic rings. The fourth-order valence-corrected chi connectivity index (χ4v) is 1.93. The van der Waals surface area contributed by atoms with Gasteiger partial charge < -0.3 is 10.3 Å². The average Bonchev–Trinajstić information content (AvgIpc) is 2.49. The summed E-state index contributed by atoms with van der Waals surface area (Å²) in [6, 6.07) is 4.31. The number of aromatic amines is 1. The lowest BCUT2D eigenvalue weighted by Gasteiger charge is -2.24. The number of aromatic nitrogens is 1. The molecule has 62 valence electrons. The van der Waals surface area contributed by atoms with Crippen molar-refractivity contribution >= 4 is 5.70 Å². The highest BCUT2D eigenvalue weighted by Crippen LogP contribution is 2.25. The van der Waals surface area contributed by atoms with Crippen molar-refractivity contribution in [1.29, 1.82) is 0 Å². The molecule has 3 N–H and O–H groups in total. The van der Waals surface area contributed by atoms with Crippen LogP contribution in [0.2, 0.25) is 0 Å². The van der Waals surface area contributed by atoms with Crippen LogP contribution in [-0.4, -0.2) is 18.2 Å². The van der Waals surface area contributed by atoms with Gasteiger partial charge in [0.25, 0.3) is 0 Å². The third-order valence-corrected chi connectivity index (χ3v) is 2.50. The van der Waals surface area contributed by atoms with Gasteiger partial charge in [0.2, 0.25) is 0 Å². The summed E-state index contributed by atoms with van der Waals surface area (Å²) in [6.45, 7) is 1.91. The van der Waals surface area contributed by atoms with Crippen LogP contribution in [0.1, 0.15) is 11.4 Å². The molecule has 3 heteroatoms. The summed E-state index contributed by atoms with van der Waals surface area (Å²) in [7, 11) is 0. The molecule has 0 saturated heterocycles. The van der Waals surface area contributed by atoms with Crippen LogP contribution in [0.25, 0.3) is 5.70 Å². The minimum absolute atomic E-state index is 0.882. The Balaban J connectivity index is 2.13. The summed E-state index contributed by atoms with van der Waals surface area (Å²) in [6.07, 6.45) is 1.06. The Labute approximate surface area is 70.9 Å². The Bertz CT molecular complexity index is 348. The summed E-state index contributed by atoms with van der Waals surface area (Å²) in [5, 5.41) is 6.65. The van der Waals surface area contributed by atoms with Crippen molar-refractivity contribution in [3.05, 3.63) is 29.1 Å². The molecule has 1 aromatic heterocycles. The van der Waals surface area contributed by atoms with Gasteiger partial charge in [-0.15, -0.1) is 0 Å². The lowest BCUT2D eigenvalue weighted by molar-refractivity contribution is 0.644. The molecule has 0 amide bonds. The number of hydrogen-bond donors (Lipinski definition) is 3. The molecule has 0 fully saturated rings. The summed E-state index contributed by atoms with van der Waals surface area (Å²) < 4.78 is 0. The third kappa shape index (κ3) is 0.741. The molecule has 0 spiro atoms. The molecule has 0 unspecified atom stereocenters. The minimum Gasteiger partial charge on any atom is -0.371 e. The molecule has 12 heavy (non-hydrogen) atoms. The Hall–Kier alpha value is -1.22. The van der Waals surface area contributed by atoms with Crippen LogP contribution in [0, 0.1) is 0 Å². The van der Waals surface area contributed by atoms with E-state index in [0.29, 0.717) is 0 Å². The van der Waals surface area contributed by atoms with E-state index >= 15 is 0 Å². The fraction of sp³-hybridized carbons (Fsp3) is 0.333. The van der Waals surface area contributed by atoms with E-state index in [2.05, 4.69) is 27.8 Å². The molecule has 3 heterocycles. The van der Waals surface area contributed by atoms with Gasteiger partial charge in [0, 0.05) is 18.7 Å². The van der Waals surface area contributed by atoms with Crippen LogP contribution >= 0.6 is 0 Å². The van der Waals surface area contributed by atoms with E-state index < -0.39 is 0 Å². The van der Waals surface area contributed by atoms with E-state index in [1.165, 1.54) is 22.7 Å². The monoisotopic (exact) mass is 161 g/mol. The van der Waals surface area contributed by atoms with Crippen LogP contribution in [0.5, 0.6) is 0 Å². The van der Waals surface area contributed by atoms with E-state index in [0.717, 1.165) is 19.6 Å². The highest BCUT2D eigenvalue weighted by molar-refractivity contribution is 5.68. The zero-order chi connectivity index (χ0) is 7.97. The van der Waals surface area contributed by atoms with Crippen molar-refractivity contribution in [1.82, 2.24) is 15.6 Å². The number of fused-ring (bicyclic) bond motifs is 3. The Morgan fingerprint density at radius 1 is 1.25 bits per heavy atom. The smallest absolute Gasteiger partial charge is 0.0656 e. The maximum Gasteiger partial charge on any atom is 0.0656 e. The second kappa shape index (κ2) is 2.14. The molecule has 0 aromatic carbocycles. The molecule has 0 radical (unpaired) electrons. The topological polar surface area (TPSA) is 39.9 Å².